The largest absolute Gasteiger partial charge is 0.497 e. The molecule has 0 saturated carbocycles. The van der Waals surface area contributed by atoms with Crippen LogP contribution in [0.1, 0.15) is 10.5 Å². The molecule has 3 rings (SSSR count). The van der Waals surface area contributed by atoms with E-state index in [9.17, 15) is 9.90 Å². The molecule has 1 aromatic heterocycles. The SMILES string of the molecule is COc1ccc(-c2nc3ccccc3nc2C(=O)O)cc1. The summed E-state index contributed by atoms with van der Waals surface area (Å²) in [5.74, 6) is -0.400. The summed E-state index contributed by atoms with van der Waals surface area (Å²) in [6.45, 7) is 0. The lowest BCUT2D eigenvalue weighted by atomic mass is 10.1. The number of carboxylic acids is 1. The number of rotatable bonds is 3. The third-order valence-corrected chi connectivity index (χ3v) is 3.14. The molecule has 0 aliphatic rings. The number of fused-ring (bicyclic) bond motifs is 1. The van der Waals surface area contributed by atoms with Crippen molar-refractivity contribution >= 4 is 17.0 Å². The van der Waals surface area contributed by atoms with E-state index in [2.05, 4.69) is 9.97 Å². The Hall–Kier alpha value is -2.95. The minimum Gasteiger partial charge on any atom is -0.497 e. The summed E-state index contributed by atoms with van der Waals surface area (Å²) in [4.78, 5) is 20.1. The van der Waals surface area contributed by atoms with Gasteiger partial charge < -0.3 is 9.84 Å². The average Bonchev–Trinajstić information content (AvgIpc) is 2.53. The maximum Gasteiger partial charge on any atom is 0.356 e. The van der Waals surface area contributed by atoms with Crippen LogP contribution in [0.4, 0.5) is 0 Å². The van der Waals surface area contributed by atoms with E-state index in [-0.39, 0.29) is 5.69 Å². The summed E-state index contributed by atoms with van der Waals surface area (Å²) in [7, 11) is 1.58. The minimum atomic E-state index is -1.10. The van der Waals surface area contributed by atoms with Crippen LogP contribution >= 0.6 is 0 Å². The molecule has 0 unspecified atom stereocenters. The van der Waals surface area contributed by atoms with Crippen LogP contribution in [0.25, 0.3) is 22.3 Å². The zero-order chi connectivity index (χ0) is 14.8. The second-order valence-electron chi connectivity index (χ2n) is 4.44. The second-order valence-corrected chi connectivity index (χ2v) is 4.44. The molecule has 0 aliphatic heterocycles. The molecule has 104 valence electrons. The summed E-state index contributed by atoms with van der Waals surface area (Å²) in [6.07, 6.45) is 0. The Morgan fingerprint density at radius 3 is 2.19 bits per heavy atom. The topological polar surface area (TPSA) is 72.3 Å². The molecule has 0 atom stereocenters. The summed E-state index contributed by atoms with van der Waals surface area (Å²) in [5, 5.41) is 9.36. The van der Waals surface area contributed by atoms with Crippen LogP contribution in [-0.2, 0) is 0 Å². The van der Waals surface area contributed by atoms with Gasteiger partial charge in [-0.3, -0.25) is 0 Å². The number of carboxylic acid groups (broad SMARTS) is 1. The summed E-state index contributed by atoms with van der Waals surface area (Å²) < 4.78 is 5.10. The summed E-state index contributed by atoms with van der Waals surface area (Å²) in [6, 6.07) is 14.3. The fourth-order valence-electron chi connectivity index (χ4n) is 2.10. The Bertz CT molecular complexity index is 813. The Morgan fingerprint density at radius 1 is 1.00 bits per heavy atom. The molecule has 2 aromatic carbocycles. The van der Waals surface area contributed by atoms with E-state index in [0.717, 1.165) is 0 Å². The van der Waals surface area contributed by atoms with Gasteiger partial charge in [0.2, 0.25) is 0 Å². The lowest BCUT2D eigenvalue weighted by Crippen LogP contribution is -2.06. The molecule has 0 aliphatic carbocycles. The molecule has 1 heterocycles. The van der Waals surface area contributed by atoms with Crippen molar-refractivity contribution in [3.05, 3.63) is 54.2 Å². The molecular weight excluding hydrogens is 268 g/mol. The van der Waals surface area contributed by atoms with E-state index < -0.39 is 5.97 Å². The normalized spacial score (nSPS) is 10.5. The molecule has 0 fully saturated rings. The Balaban J connectivity index is 2.23. The summed E-state index contributed by atoms with van der Waals surface area (Å²) in [5.41, 5.74) is 2.20. The molecule has 21 heavy (non-hydrogen) atoms. The standard InChI is InChI=1S/C16H12N2O3/c1-21-11-8-6-10(7-9-11)14-15(16(19)20)18-13-5-3-2-4-12(13)17-14/h2-9H,1H3,(H,19,20). The Kier molecular flexibility index (Phi) is 3.23. The van der Waals surface area contributed by atoms with Crippen molar-refractivity contribution in [3.63, 3.8) is 0 Å². The van der Waals surface area contributed by atoms with Gasteiger partial charge in [0.1, 0.15) is 11.4 Å². The highest BCUT2D eigenvalue weighted by Crippen LogP contribution is 2.25. The van der Waals surface area contributed by atoms with Gasteiger partial charge in [-0.2, -0.15) is 0 Å². The molecule has 1 N–H and O–H groups in total. The van der Waals surface area contributed by atoms with Crippen LogP contribution in [0.2, 0.25) is 0 Å². The highest BCUT2D eigenvalue weighted by Gasteiger charge is 2.16. The lowest BCUT2D eigenvalue weighted by molar-refractivity contribution is 0.0691. The number of ether oxygens (including phenoxy) is 1. The Labute approximate surface area is 120 Å². The van der Waals surface area contributed by atoms with E-state index in [1.165, 1.54) is 0 Å². The van der Waals surface area contributed by atoms with Crippen molar-refractivity contribution in [3.8, 4) is 17.0 Å². The van der Waals surface area contributed by atoms with Crippen molar-refractivity contribution in [2.45, 2.75) is 0 Å². The molecule has 5 nitrogen and oxygen atoms in total. The van der Waals surface area contributed by atoms with Gasteiger partial charge in [-0.25, -0.2) is 14.8 Å². The monoisotopic (exact) mass is 280 g/mol. The van der Waals surface area contributed by atoms with Crippen molar-refractivity contribution in [1.82, 2.24) is 9.97 Å². The number of para-hydroxylation sites is 2. The molecule has 0 radical (unpaired) electrons. The number of hydrogen-bond donors (Lipinski definition) is 1. The Morgan fingerprint density at radius 2 is 1.62 bits per heavy atom. The van der Waals surface area contributed by atoms with E-state index in [0.29, 0.717) is 28.0 Å². The number of aromatic carboxylic acids is 1. The minimum absolute atomic E-state index is 0.0566. The zero-order valence-electron chi connectivity index (χ0n) is 11.3. The van der Waals surface area contributed by atoms with E-state index in [4.69, 9.17) is 4.74 Å². The van der Waals surface area contributed by atoms with Crippen molar-refractivity contribution in [1.29, 1.82) is 0 Å². The molecule has 0 saturated heterocycles. The first kappa shape index (κ1) is 13.1. The number of methoxy groups -OCH3 is 1. The predicted octanol–water partition coefficient (Wildman–Crippen LogP) is 3.00. The van der Waals surface area contributed by atoms with Gasteiger partial charge in [-0.05, 0) is 36.4 Å². The van der Waals surface area contributed by atoms with E-state index in [1.54, 1.807) is 49.6 Å². The van der Waals surface area contributed by atoms with Crippen LogP contribution in [-0.4, -0.2) is 28.2 Å². The third-order valence-electron chi connectivity index (χ3n) is 3.14. The van der Waals surface area contributed by atoms with Gasteiger partial charge in [0, 0.05) is 5.56 Å². The maximum absolute atomic E-state index is 11.4. The molecular formula is C16H12N2O3. The molecule has 0 spiro atoms. The fraction of sp³-hybridized carbons (Fsp3) is 0.0625. The van der Waals surface area contributed by atoms with Crippen LogP contribution in [0, 0.1) is 0 Å². The van der Waals surface area contributed by atoms with Crippen molar-refractivity contribution < 1.29 is 14.6 Å². The average molecular weight is 280 g/mol. The van der Waals surface area contributed by atoms with Crippen LogP contribution in [0.3, 0.4) is 0 Å². The molecule has 5 heteroatoms. The second kappa shape index (κ2) is 5.20. The van der Waals surface area contributed by atoms with Crippen LogP contribution < -0.4 is 4.74 Å². The van der Waals surface area contributed by atoms with Gasteiger partial charge >= 0.3 is 5.97 Å². The fourth-order valence-corrected chi connectivity index (χ4v) is 2.10. The first-order chi connectivity index (χ1) is 10.2. The number of nitrogens with zero attached hydrogens (tertiary/aromatic N) is 2. The van der Waals surface area contributed by atoms with Gasteiger partial charge in [0.25, 0.3) is 0 Å². The number of hydrogen-bond acceptors (Lipinski definition) is 4. The van der Waals surface area contributed by atoms with Gasteiger partial charge in [-0.15, -0.1) is 0 Å². The first-order valence-electron chi connectivity index (χ1n) is 6.33. The van der Waals surface area contributed by atoms with Gasteiger partial charge in [0.15, 0.2) is 5.69 Å². The highest BCUT2D eigenvalue weighted by molar-refractivity contribution is 5.95. The van der Waals surface area contributed by atoms with Gasteiger partial charge in [-0.1, -0.05) is 12.1 Å². The third kappa shape index (κ3) is 2.41. The van der Waals surface area contributed by atoms with E-state index in [1.807, 2.05) is 6.07 Å². The smallest absolute Gasteiger partial charge is 0.356 e. The predicted molar refractivity (Wildman–Crippen MR) is 78.5 cm³/mol. The van der Waals surface area contributed by atoms with Crippen LogP contribution in [0.5, 0.6) is 5.75 Å². The summed E-state index contributed by atoms with van der Waals surface area (Å²) >= 11 is 0. The van der Waals surface area contributed by atoms with Crippen LogP contribution in [0.15, 0.2) is 48.5 Å². The van der Waals surface area contributed by atoms with Gasteiger partial charge in [0.05, 0.1) is 18.1 Å². The highest BCUT2D eigenvalue weighted by atomic mass is 16.5. The number of carbonyl (C=O) groups is 1. The van der Waals surface area contributed by atoms with E-state index >= 15 is 0 Å². The van der Waals surface area contributed by atoms with Crippen molar-refractivity contribution in [2.24, 2.45) is 0 Å². The van der Waals surface area contributed by atoms with Crippen molar-refractivity contribution in [2.75, 3.05) is 7.11 Å². The maximum atomic E-state index is 11.4. The quantitative estimate of drug-likeness (QED) is 0.798. The molecule has 0 bridgehead atoms. The number of aromatic nitrogens is 2. The molecule has 3 aromatic rings. The first-order valence-corrected chi connectivity index (χ1v) is 6.33. The zero-order valence-corrected chi connectivity index (χ0v) is 11.3. The number of benzene rings is 2. The molecule has 0 amide bonds. The lowest BCUT2D eigenvalue weighted by Gasteiger charge is -2.07.